The zero-order valence-electron chi connectivity index (χ0n) is 18.2. The summed E-state index contributed by atoms with van der Waals surface area (Å²) in [6.45, 7) is 6.89. The van der Waals surface area contributed by atoms with Crippen LogP contribution in [0, 0.1) is 26.2 Å². The predicted octanol–water partition coefficient (Wildman–Crippen LogP) is 1.94. The van der Waals surface area contributed by atoms with Crippen LogP contribution < -0.4 is 21.5 Å². The molecule has 10 heteroatoms. The maximum atomic E-state index is 12.5. The van der Waals surface area contributed by atoms with E-state index in [0.717, 1.165) is 11.8 Å². The first-order chi connectivity index (χ1) is 15.4. The Morgan fingerprint density at radius 3 is 2.66 bits per heavy atom. The maximum Gasteiger partial charge on any atom is 0.276 e. The highest BCUT2D eigenvalue weighted by Crippen LogP contribution is 2.12. The van der Waals surface area contributed by atoms with Crippen molar-refractivity contribution in [3.63, 3.8) is 0 Å². The molecule has 5 N–H and O–H groups in total. The lowest BCUT2D eigenvalue weighted by Crippen LogP contribution is -2.30. The van der Waals surface area contributed by atoms with Gasteiger partial charge in [0.1, 0.15) is 11.4 Å². The molecule has 0 radical (unpaired) electrons. The third-order valence-corrected chi connectivity index (χ3v) is 4.87. The van der Waals surface area contributed by atoms with Crippen LogP contribution in [0.25, 0.3) is 0 Å². The zero-order chi connectivity index (χ0) is 23.1. The van der Waals surface area contributed by atoms with Crippen LogP contribution >= 0.6 is 0 Å². The van der Waals surface area contributed by atoms with E-state index < -0.39 is 5.56 Å². The number of amides is 1. The summed E-state index contributed by atoms with van der Waals surface area (Å²) in [5.74, 6) is 0.00106. The Labute approximate surface area is 185 Å². The van der Waals surface area contributed by atoms with E-state index in [9.17, 15) is 9.59 Å². The fraction of sp³-hybridized carbons (Fsp3) is 0.273. The molecule has 166 valence electrons. The summed E-state index contributed by atoms with van der Waals surface area (Å²) in [6, 6.07) is 7.77. The van der Waals surface area contributed by atoms with Crippen LogP contribution in [0.5, 0.6) is 0 Å². The van der Waals surface area contributed by atoms with Crippen molar-refractivity contribution in [2.24, 2.45) is 0 Å². The van der Waals surface area contributed by atoms with E-state index in [-0.39, 0.29) is 36.3 Å². The Bertz CT molecular complexity index is 1190. The smallest absolute Gasteiger partial charge is 0.276 e. The number of aryl methyl sites for hydroxylation is 3. The lowest BCUT2D eigenvalue weighted by molar-refractivity contribution is 0.0954. The van der Waals surface area contributed by atoms with E-state index in [4.69, 9.17) is 5.41 Å². The summed E-state index contributed by atoms with van der Waals surface area (Å²) in [5.41, 5.74) is 4.50. The standard InChI is InChI=1S/C22H26N8O2/c1-13-4-5-16(8-14(13)2)11-26-22-28-18(10-23)19(21(32)29-22)24-6-7-25-20(31)17-9-15(3)30-27-12-17/h4-5,8-10,12,23-24H,6-7,11H2,1-3H3,(H,25,31)(H2,26,28,29,32). The summed E-state index contributed by atoms with van der Waals surface area (Å²) in [7, 11) is 0. The number of carbonyl (C=O) groups excluding carboxylic acids is 1. The topological polar surface area (TPSA) is 149 Å². The molecule has 0 aliphatic heterocycles. The van der Waals surface area contributed by atoms with E-state index in [1.54, 1.807) is 13.0 Å². The van der Waals surface area contributed by atoms with E-state index in [0.29, 0.717) is 17.8 Å². The number of hydrogen-bond donors (Lipinski definition) is 5. The number of H-pyrrole nitrogens is 1. The van der Waals surface area contributed by atoms with Crippen LogP contribution in [0.4, 0.5) is 11.6 Å². The third-order valence-electron chi connectivity index (χ3n) is 4.87. The van der Waals surface area contributed by atoms with Gasteiger partial charge >= 0.3 is 0 Å². The number of carbonyl (C=O) groups is 1. The van der Waals surface area contributed by atoms with Crippen molar-refractivity contribution in [2.75, 3.05) is 23.7 Å². The lowest BCUT2D eigenvalue weighted by atomic mass is 10.1. The van der Waals surface area contributed by atoms with Crippen molar-refractivity contribution in [1.29, 1.82) is 5.41 Å². The highest BCUT2D eigenvalue weighted by molar-refractivity contribution is 5.93. The van der Waals surface area contributed by atoms with Crippen LogP contribution in [-0.4, -0.2) is 45.4 Å². The number of nitrogens with one attached hydrogen (secondary N) is 5. The Hall–Kier alpha value is -4.08. The molecule has 3 rings (SSSR count). The highest BCUT2D eigenvalue weighted by atomic mass is 16.1. The monoisotopic (exact) mass is 434 g/mol. The summed E-state index contributed by atoms with van der Waals surface area (Å²) >= 11 is 0. The van der Waals surface area contributed by atoms with Gasteiger partial charge in [-0.05, 0) is 43.5 Å². The van der Waals surface area contributed by atoms with E-state index in [1.165, 1.54) is 17.3 Å². The number of nitrogens with zero attached hydrogens (tertiary/aromatic N) is 3. The summed E-state index contributed by atoms with van der Waals surface area (Å²) in [5, 5.41) is 24.0. The van der Waals surface area contributed by atoms with Gasteiger partial charge in [0.25, 0.3) is 11.5 Å². The van der Waals surface area contributed by atoms with Crippen molar-refractivity contribution >= 4 is 23.8 Å². The molecule has 1 aromatic carbocycles. The molecule has 10 nitrogen and oxygen atoms in total. The molecular weight excluding hydrogens is 408 g/mol. The fourth-order valence-corrected chi connectivity index (χ4v) is 3.01. The number of aromatic amines is 1. The zero-order valence-corrected chi connectivity index (χ0v) is 18.2. The van der Waals surface area contributed by atoms with Gasteiger partial charge in [0.15, 0.2) is 0 Å². The normalized spacial score (nSPS) is 10.5. The molecule has 0 saturated heterocycles. The second-order valence-electron chi connectivity index (χ2n) is 7.36. The number of aromatic nitrogens is 4. The van der Waals surface area contributed by atoms with Gasteiger partial charge < -0.3 is 21.4 Å². The SMILES string of the molecule is Cc1cc(C(=O)NCCNc2c(C=N)nc(NCc3ccc(C)c(C)c3)[nH]c2=O)cnn1. The quantitative estimate of drug-likeness (QED) is 0.255. The van der Waals surface area contributed by atoms with Gasteiger partial charge in [-0.2, -0.15) is 10.2 Å². The second-order valence-corrected chi connectivity index (χ2v) is 7.36. The van der Waals surface area contributed by atoms with Crippen LogP contribution in [0.2, 0.25) is 0 Å². The van der Waals surface area contributed by atoms with Crippen LogP contribution in [0.15, 0.2) is 35.3 Å². The molecule has 0 fully saturated rings. The van der Waals surface area contributed by atoms with Crippen molar-refractivity contribution in [2.45, 2.75) is 27.3 Å². The summed E-state index contributed by atoms with van der Waals surface area (Å²) < 4.78 is 0. The predicted molar refractivity (Wildman–Crippen MR) is 124 cm³/mol. The average molecular weight is 435 g/mol. The first-order valence-corrected chi connectivity index (χ1v) is 10.1. The minimum Gasteiger partial charge on any atom is -0.377 e. The molecule has 0 bridgehead atoms. The van der Waals surface area contributed by atoms with Gasteiger partial charge in [-0.1, -0.05) is 18.2 Å². The van der Waals surface area contributed by atoms with Gasteiger partial charge in [0.2, 0.25) is 5.95 Å². The third kappa shape index (κ3) is 5.75. The summed E-state index contributed by atoms with van der Waals surface area (Å²) in [4.78, 5) is 31.6. The Morgan fingerprint density at radius 2 is 1.94 bits per heavy atom. The van der Waals surface area contributed by atoms with Crippen LogP contribution in [-0.2, 0) is 6.54 Å². The largest absolute Gasteiger partial charge is 0.377 e. The molecule has 0 unspecified atom stereocenters. The van der Waals surface area contributed by atoms with Gasteiger partial charge in [-0.15, -0.1) is 0 Å². The first kappa shape index (κ1) is 22.6. The Balaban J connectivity index is 1.58. The molecule has 0 aliphatic rings. The lowest BCUT2D eigenvalue weighted by Gasteiger charge is -2.12. The molecule has 0 atom stereocenters. The number of hydrogen-bond acceptors (Lipinski definition) is 8. The van der Waals surface area contributed by atoms with Gasteiger partial charge in [0, 0.05) is 25.8 Å². The second kappa shape index (κ2) is 10.3. The Kier molecular flexibility index (Phi) is 7.27. The van der Waals surface area contributed by atoms with Gasteiger partial charge in [-0.25, -0.2) is 4.98 Å². The average Bonchev–Trinajstić information content (AvgIpc) is 2.78. The first-order valence-electron chi connectivity index (χ1n) is 10.1. The van der Waals surface area contributed by atoms with Gasteiger partial charge in [-0.3, -0.25) is 14.6 Å². The molecule has 3 aromatic rings. The van der Waals surface area contributed by atoms with Crippen molar-refractivity contribution in [1.82, 2.24) is 25.5 Å². The Morgan fingerprint density at radius 1 is 1.12 bits per heavy atom. The van der Waals surface area contributed by atoms with Crippen molar-refractivity contribution < 1.29 is 4.79 Å². The van der Waals surface area contributed by atoms with Crippen LogP contribution in [0.1, 0.15) is 38.4 Å². The van der Waals surface area contributed by atoms with E-state index >= 15 is 0 Å². The fourth-order valence-electron chi connectivity index (χ4n) is 3.01. The van der Waals surface area contributed by atoms with Crippen molar-refractivity contribution in [3.05, 3.63) is 74.5 Å². The number of benzene rings is 1. The number of rotatable bonds is 9. The maximum absolute atomic E-state index is 12.5. The molecule has 1 amide bonds. The molecular formula is C22H26N8O2. The molecule has 0 saturated carbocycles. The van der Waals surface area contributed by atoms with Gasteiger partial charge in [0.05, 0.1) is 17.5 Å². The van der Waals surface area contributed by atoms with E-state index in [2.05, 4.69) is 49.1 Å². The molecule has 0 spiro atoms. The summed E-state index contributed by atoms with van der Waals surface area (Å²) in [6.07, 6.45) is 2.41. The molecule has 32 heavy (non-hydrogen) atoms. The molecule has 0 aliphatic carbocycles. The van der Waals surface area contributed by atoms with Crippen LogP contribution in [0.3, 0.4) is 0 Å². The highest BCUT2D eigenvalue weighted by Gasteiger charge is 2.11. The minimum atomic E-state index is -0.402. The molecule has 2 aromatic heterocycles. The molecule has 2 heterocycles. The minimum absolute atomic E-state index is 0.174. The van der Waals surface area contributed by atoms with Crippen molar-refractivity contribution in [3.8, 4) is 0 Å². The number of anilines is 2. The van der Waals surface area contributed by atoms with E-state index in [1.807, 2.05) is 19.1 Å².